The average Bonchev–Trinajstić information content (AvgIpc) is 3.86. The highest BCUT2D eigenvalue weighted by molar-refractivity contribution is 6.19. The highest BCUT2D eigenvalue weighted by Gasteiger charge is 2.49. The molecule has 2 aliphatic rings. The second-order valence-corrected chi connectivity index (χ2v) is 11.4. The minimum atomic E-state index is -1.70. The van der Waals surface area contributed by atoms with E-state index in [1.165, 1.54) is 0 Å². The normalized spacial score (nSPS) is 11.7. The number of fused-ring (bicyclic) bond motifs is 20. The van der Waals surface area contributed by atoms with Gasteiger partial charge in [0.2, 0.25) is 0 Å². The predicted molar refractivity (Wildman–Crippen MR) is 183 cm³/mol. The number of hydrogen-bond donors (Lipinski definition) is 2. The molecule has 4 aromatic carbocycles. The van der Waals surface area contributed by atoms with E-state index in [1.54, 1.807) is 48.5 Å². The van der Waals surface area contributed by atoms with Gasteiger partial charge in [-0.25, -0.2) is 29.9 Å². The summed E-state index contributed by atoms with van der Waals surface area (Å²) in [6.45, 7) is 0. The van der Waals surface area contributed by atoms with Gasteiger partial charge in [0.15, 0.2) is 23.3 Å². The van der Waals surface area contributed by atoms with Crippen LogP contribution in [0, 0.1) is 40.5 Å². The number of aromatic nitrogens is 8. The van der Waals surface area contributed by atoms with Crippen LogP contribution in [0.5, 0.6) is 0 Å². The van der Waals surface area contributed by atoms with Gasteiger partial charge in [0.25, 0.3) is 0 Å². The van der Waals surface area contributed by atoms with Gasteiger partial charge in [-0.3, -0.25) is 40.5 Å². The van der Waals surface area contributed by atoms with Crippen LogP contribution in [0.4, 0.5) is 22.7 Å². The number of aromatic amines is 2. The van der Waals surface area contributed by atoms with Gasteiger partial charge < -0.3 is 9.97 Å². The maximum absolute atomic E-state index is 12.6. The molecule has 8 bridgehead atoms. The molecular weight excluding hydrogens is 680 g/mol. The van der Waals surface area contributed by atoms with Gasteiger partial charge in [-0.05, 0) is 0 Å². The molecule has 0 radical (unpaired) electrons. The molecule has 0 spiro atoms. The first kappa shape index (κ1) is 29.9. The van der Waals surface area contributed by atoms with E-state index in [-0.39, 0.29) is 23.3 Å². The van der Waals surface area contributed by atoms with Gasteiger partial charge in [0.05, 0.1) is 19.7 Å². The van der Waals surface area contributed by atoms with Gasteiger partial charge in [0, 0.05) is 33.0 Å². The zero-order chi connectivity index (χ0) is 36.0. The molecular formula is C32H14N12O8. The van der Waals surface area contributed by atoms with Gasteiger partial charge in [-0.2, -0.15) is 0 Å². The molecule has 0 saturated carbocycles. The quantitative estimate of drug-likeness (QED) is 0.147. The molecule has 5 heterocycles. The predicted octanol–water partition coefficient (Wildman–Crippen LogP) is 6.50. The Balaban J connectivity index is 1.59. The number of H-pyrrole nitrogens is 2. The zero-order valence-electron chi connectivity index (χ0n) is 25.7. The van der Waals surface area contributed by atoms with Crippen LogP contribution in [0.25, 0.3) is 89.7 Å². The number of hydrogen-bond acceptors (Lipinski definition) is 14. The molecule has 2 aliphatic heterocycles. The Kier molecular flexibility index (Phi) is 6.14. The van der Waals surface area contributed by atoms with Crippen molar-refractivity contribution in [1.82, 2.24) is 39.9 Å². The van der Waals surface area contributed by atoms with Crippen LogP contribution in [0.2, 0.25) is 0 Å². The molecule has 0 aliphatic carbocycles. The molecule has 0 unspecified atom stereocenters. The number of nitro groups is 4. The number of rotatable bonds is 4. The summed E-state index contributed by atoms with van der Waals surface area (Å²) in [6, 6.07) is 20.9. The number of benzene rings is 4. The Morgan fingerprint density at radius 3 is 1.00 bits per heavy atom. The van der Waals surface area contributed by atoms with Crippen molar-refractivity contribution < 1.29 is 19.7 Å². The second-order valence-electron chi connectivity index (χ2n) is 11.4. The Hall–Kier alpha value is -8.16. The summed E-state index contributed by atoms with van der Waals surface area (Å²) in [5, 5.41) is 49.7. The molecule has 250 valence electrons. The molecule has 0 saturated heterocycles. The third-order valence-electron chi connectivity index (χ3n) is 8.62. The summed E-state index contributed by atoms with van der Waals surface area (Å²) in [5.41, 5.74) is -4.69. The van der Waals surface area contributed by atoms with E-state index >= 15 is 0 Å². The SMILES string of the molecule is O=[N+]([O-])c1c([N+](=O)[O-])c([N+](=O)[O-])c2c3nc4nc(nc5[nH]c(nc6nc(nc([nH]3)c2c1[N+](=O)[O-])-c1ccccc1-6)c1ccccc51)-c1ccccc1-4. The number of nitrogens with one attached hydrogen (secondary N) is 2. The van der Waals surface area contributed by atoms with Gasteiger partial charge in [-0.1, -0.05) is 72.8 Å². The number of nitrogens with zero attached hydrogens (tertiary/aromatic N) is 10. The monoisotopic (exact) mass is 694 g/mol. The lowest BCUT2D eigenvalue weighted by atomic mass is 10.1. The Bertz CT molecular complexity index is 2810. The largest absolute Gasteiger partial charge is 0.430 e. The summed E-state index contributed by atoms with van der Waals surface area (Å²) in [5.74, 6) is 0.187. The van der Waals surface area contributed by atoms with Crippen LogP contribution < -0.4 is 0 Å². The maximum Gasteiger partial charge on any atom is 0.430 e. The number of nitro benzene ring substituents is 4. The Morgan fingerprint density at radius 1 is 0.385 bits per heavy atom. The Labute approximate surface area is 285 Å². The van der Waals surface area contributed by atoms with Gasteiger partial charge in [-0.15, -0.1) is 0 Å². The molecule has 7 aromatic rings. The van der Waals surface area contributed by atoms with E-state index in [0.717, 1.165) is 0 Å². The summed E-state index contributed by atoms with van der Waals surface area (Å²) < 4.78 is 0. The zero-order valence-corrected chi connectivity index (χ0v) is 25.7. The summed E-state index contributed by atoms with van der Waals surface area (Å²) in [4.78, 5) is 78.3. The van der Waals surface area contributed by atoms with Crippen LogP contribution in [0.1, 0.15) is 0 Å². The second kappa shape index (κ2) is 10.7. The van der Waals surface area contributed by atoms with Crippen LogP contribution in [-0.2, 0) is 0 Å². The van der Waals surface area contributed by atoms with Crippen molar-refractivity contribution in [2.24, 2.45) is 0 Å². The maximum atomic E-state index is 12.6. The Morgan fingerprint density at radius 2 is 0.673 bits per heavy atom. The first-order valence-electron chi connectivity index (χ1n) is 15.0. The minimum Gasteiger partial charge on any atom is -0.324 e. The van der Waals surface area contributed by atoms with E-state index < -0.39 is 64.5 Å². The fourth-order valence-corrected chi connectivity index (χ4v) is 6.54. The fraction of sp³-hybridized carbons (Fsp3) is 0. The average molecular weight is 695 g/mol. The van der Waals surface area contributed by atoms with E-state index in [0.29, 0.717) is 44.3 Å². The van der Waals surface area contributed by atoms with E-state index in [4.69, 9.17) is 9.97 Å². The summed E-state index contributed by atoms with van der Waals surface area (Å²) in [6.07, 6.45) is 0. The first-order chi connectivity index (χ1) is 25.1. The van der Waals surface area contributed by atoms with Crippen LogP contribution >= 0.6 is 0 Å². The van der Waals surface area contributed by atoms with Crippen molar-refractivity contribution in [2.75, 3.05) is 0 Å². The van der Waals surface area contributed by atoms with E-state index in [2.05, 4.69) is 29.9 Å². The fourth-order valence-electron chi connectivity index (χ4n) is 6.54. The van der Waals surface area contributed by atoms with Gasteiger partial charge in [0.1, 0.15) is 33.4 Å². The van der Waals surface area contributed by atoms with Crippen LogP contribution in [0.3, 0.4) is 0 Å². The lowest BCUT2D eigenvalue weighted by Gasteiger charge is -2.01. The van der Waals surface area contributed by atoms with Gasteiger partial charge >= 0.3 is 22.7 Å². The lowest BCUT2D eigenvalue weighted by Crippen LogP contribution is -2.06. The van der Waals surface area contributed by atoms with Crippen molar-refractivity contribution >= 4 is 66.9 Å². The van der Waals surface area contributed by atoms with Crippen LogP contribution in [-0.4, -0.2) is 59.6 Å². The topological polar surface area (TPSA) is 281 Å². The minimum absolute atomic E-state index is 0.0750. The van der Waals surface area contributed by atoms with E-state index in [9.17, 15) is 40.5 Å². The molecule has 3 aromatic heterocycles. The molecule has 52 heavy (non-hydrogen) atoms. The van der Waals surface area contributed by atoms with Crippen molar-refractivity contribution in [2.45, 2.75) is 0 Å². The molecule has 0 amide bonds. The summed E-state index contributed by atoms with van der Waals surface area (Å²) >= 11 is 0. The van der Waals surface area contributed by atoms with Crippen molar-refractivity contribution in [3.63, 3.8) is 0 Å². The smallest absolute Gasteiger partial charge is 0.324 e. The highest BCUT2D eigenvalue weighted by Crippen LogP contribution is 2.52. The third-order valence-corrected chi connectivity index (χ3v) is 8.62. The lowest BCUT2D eigenvalue weighted by molar-refractivity contribution is -0.450. The highest BCUT2D eigenvalue weighted by atomic mass is 16.7. The standard InChI is InChI=1S/C32H14N12O8/c45-41(46)21-19-20(22(42(47)48)24(44(51)52)23(21)43(49)50)32-39-30-18-12-6-4-10-16(18)28(37-30)35-26-14-8-2-1-7-13(14)25(33-26)34-27-15-9-3-5-11-17(15)29(36-27)38-31(19)40-32/h1-12H,(H2,33,34,35,36,37,38,39,40). The van der Waals surface area contributed by atoms with Crippen molar-refractivity contribution in [3.8, 4) is 45.6 Å². The molecule has 0 fully saturated rings. The van der Waals surface area contributed by atoms with Crippen LogP contribution in [0.15, 0.2) is 72.8 Å². The first-order valence-corrected chi connectivity index (χ1v) is 15.0. The third kappa shape index (κ3) is 4.20. The van der Waals surface area contributed by atoms with E-state index in [1.807, 2.05) is 24.3 Å². The van der Waals surface area contributed by atoms with Crippen molar-refractivity contribution in [3.05, 3.63) is 113 Å². The molecule has 9 rings (SSSR count). The molecule has 20 heteroatoms. The summed E-state index contributed by atoms with van der Waals surface area (Å²) in [7, 11) is 0. The van der Waals surface area contributed by atoms with Crippen molar-refractivity contribution in [1.29, 1.82) is 0 Å². The molecule has 0 atom stereocenters. The molecule has 20 nitrogen and oxygen atoms in total. The molecule has 2 N–H and O–H groups in total.